The minimum absolute atomic E-state index is 0.115. The van der Waals surface area contributed by atoms with E-state index < -0.39 is 16.1 Å². The number of amides is 1. The normalized spacial score (nSPS) is 16.1. The lowest BCUT2D eigenvalue weighted by Gasteiger charge is -2.26. The molecule has 0 bridgehead atoms. The molecule has 0 spiro atoms. The Bertz CT molecular complexity index is 1140. The molecule has 6 heteroatoms. The molecule has 0 aliphatic heterocycles. The fourth-order valence-corrected chi connectivity index (χ4v) is 5.41. The first kappa shape index (κ1) is 21.5. The van der Waals surface area contributed by atoms with Gasteiger partial charge < -0.3 is 5.32 Å². The van der Waals surface area contributed by atoms with Crippen LogP contribution >= 0.6 is 0 Å². The summed E-state index contributed by atoms with van der Waals surface area (Å²) in [5.41, 5.74) is 0.910. The van der Waals surface area contributed by atoms with Crippen LogP contribution in [0.1, 0.15) is 37.7 Å². The quantitative estimate of drug-likeness (QED) is 0.583. The smallest absolute Gasteiger partial charge is 0.241 e. The topological polar surface area (TPSA) is 75.3 Å². The van der Waals surface area contributed by atoms with Crippen molar-refractivity contribution in [3.63, 3.8) is 0 Å². The van der Waals surface area contributed by atoms with Crippen LogP contribution in [-0.4, -0.2) is 26.4 Å². The van der Waals surface area contributed by atoms with E-state index in [0.717, 1.165) is 42.0 Å². The lowest BCUT2D eigenvalue weighted by atomic mass is 9.95. The third-order valence-electron chi connectivity index (χ3n) is 5.88. The molecule has 1 aliphatic rings. The van der Waals surface area contributed by atoms with E-state index in [4.69, 9.17) is 0 Å². The summed E-state index contributed by atoms with van der Waals surface area (Å²) in [5, 5.41) is 4.89. The van der Waals surface area contributed by atoms with E-state index in [1.54, 1.807) is 18.2 Å². The third kappa shape index (κ3) is 5.51. The minimum atomic E-state index is -3.87. The highest BCUT2D eigenvalue weighted by Gasteiger charge is 2.28. The Labute approximate surface area is 183 Å². The largest absolute Gasteiger partial charge is 0.352 e. The van der Waals surface area contributed by atoms with Gasteiger partial charge in [-0.2, -0.15) is 4.72 Å². The minimum Gasteiger partial charge on any atom is -0.352 e. The lowest BCUT2D eigenvalue weighted by Crippen LogP contribution is -2.50. The molecule has 3 aromatic rings. The van der Waals surface area contributed by atoms with Crippen LogP contribution in [0.2, 0.25) is 0 Å². The molecule has 5 nitrogen and oxygen atoms in total. The predicted octanol–water partition coefficient (Wildman–Crippen LogP) is 4.18. The van der Waals surface area contributed by atoms with Crippen LogP contribution in [0, 0.1) is 0 Å². The average molecular weight is 437 g/mol. The van der Waals surface area contributed by atoms with Crippen molar-refractivity contribution in [1.82, 2.24) is 10.0 Å². The molecule has 0 radical (unpaired) electrons. The van der Waals surface area contributed by atoms with E-state index in [-0.39, 0.29) is 16.8 Å². The van der Waals surface area contributed by atoms with Crippen LogP contribution in [-0.2, 0) is 21.2 Å². The zero-order valence-corrected chi connectivity index (χ0v) is 18.3. The number of hydrogen-bond acceptors (Lipinski definition) is 3. The number of hydrogen-bond donors (Lipinski definition) is 2. The summed E-state index contributed by atoms with van der Waals surface area (Å²) >= 11 is 0. The van der Waals surface area contributed by atoms with Gasteiger partial charge in [-0.15, -0.1) is 0 Å². The van der Waals surface area contributed by atoms with Crippen molar-refractivity contribution >= 4 is 26.7 Å². The number of benzene rings is 3. The van der Waals surface area contributed by atoms with Crippen molar-refractivity contribution in [2.45, 2.75) is 55.5 Å². The van der Waals surface area contributed by atoms with Crippen LogP contribution in [0.4, 0.5) is 0 Å². The molecule has 1 atom stereocenters. The Hall–Kier alpha value is -2.70. The average Bonchev–Trinajstić information content (AvgIpc) is 2.79. The molecule has 3 aromatic carbocycles. The summed E-state index contributed by atoms with van der Waals surface area (Å²) in [6, 6.07) is 21.4. The highest BCUT2D eigenvalue weighted by atomic mass is 32.2. The molecule has 1 amide bonds. The molecule has 1 fully saturated rings. The van der Waals surface area contributed by atoms with Gasteiger partial charge in [-0.25, -0.2) is 8.42 Å². The predicted molar refractivity (Wildman–Crippen MR) is 123 cm³/mol. The van der Waals surface area contributed by atoms with Crippen LogP contribution < -0.4 is 10.0 Å². The SMILES string of the molecule is O=C(NC1CCCCC1)[C@H](Cc1ccccc1)NS(=O)(=O)c1ccc2ccccc2c1. The monoisotopic (exact) mass is 436 g/mol. The zero-order valence-electron chi connectivity index (χ0n) is 17.5. The number of carbonyl (C=O) groups excluding carboxylic acids is 1. The Balaban J connectivity index is 1.57. The maximum Gasteiger partial charge on any atom is 0.241 e. The van der Waals surface area contributed by atoms with Gasteiger partial charge in [0.05, 0.1) is 4.90 Å². The molecule has 31 heavy (non-hydrogen) atoms. The molecule has 0 unspecified atom stereocenters. The van der Waals surface area contributed by atoms with Gasteiger partial charge in [-0.05, 0) is 47.7 Å². The molecule has 0 aromatic heterocycles. The van der Waals surface area contributed by atoms with Gasteiger partial charge in [0.1, 0.15) is 6.04 Å². The Morgan fingerprint density at radius 2 is 1.55 bits per heavy atom. The highest BCUT2D eigenvalue weighted by molar-refractivity contribution is 7.89. The highest BCUT2D eigenvalue weighted by Crippen LogP contribution is 2.20. The standard InChI is InChI=1S/C25H28N2O3S/c28-25(26-22-13-5-2-6-14-22)24(17-19-9-3-1-4-10-19)27-31(29,30)23-16-15-20-11-7-8-12-21(20)18-23/h1,3-4,7-12,15-16,18,22,24,27H,2,5-6,13-14,17H2,(H,26,28)/t24-/m0/s1. The fourth-order valence-electron chi connectivity index (χ4n) is 4.18. The number of rotatable bonds is 7. The lowest BCUT2D eigenvalue weighted by molar-refractivity contribution is -0.123. The summed E-state index contributed by atoms with van der Waals surface area (Å²) in [5.74, 6) is -0.264. The Kier molecular flexibility index (Phi) is 6.68. The molecule has 2 N–H and O–H groups in total. The number of carbonyl (C=O) groups is 1. The number of sulfonamides is 1. The van der Waals surface area contributed by atoms with Gasteiger partial charge in [0.2, 0.25) is 15.9 Å². The van der Waals surface area contributed by atoms with Gasteiger partial charge in [-0.3, -0.25) is 4.79 Å². The second-order valence-electron chi connectivity index (χ2n) is 8.22. The van der Waals surface area contributed by atoms with E-state index in [9.17, 15) is 13.2 Å². The maximum atomic E-state index is 13.2. The first-order chi connectivity index (χ1) is 15.0. The van der Waals surface area contributed by atoms with Gasteiger partial charge in [0.15, 0.2) is 0 Å². The van der Waals surface area contributed by atoms with Crippen molar-refractivity contribution < 1.29 is 13.2 Å². The first-order valence-electron chi connectivity index (χ1n) is 10.9. The van der Waals surface area contributed by atoms with Gasteiger partial charge in [0, 0.05) is 6.04 Å². The summed E-state index contributed by atoms with van der Waals surface area (Å²) < 4.78 is 29.0. The van der Waals surface area contributed by atoms with Crippen molar-refractivity contribution in [3.8, 4) is 0 Å². The van der Waals surface area contributed by atoms with Crippen molar-refractivity contribution in [3.05, 3.63) is 78.4 Å². The molecule has 162 valence electrons. The summed E-state index contributed by atoms with van der Waals surface area (Å²) in [6.07, 6.45) is 5.57. The Morgan fingerprint density at radius 3 is 2.29 bits per heavy atom. The summed E-state index contributed by atoms with van der Waals surface area (Å²) in [6.45, 7) is 0. The second-order valence-corrected chi connectivity index (χ2v) is 9.93. The second kappa shape index (κ2) is 9.62. The fraction of sp³-hybridized carbons (Fsp3) is 0.320. The number of nitrogens with one attached hydrogen (secondary N) is 2. The maximum absolute atomic E-state index is 13.2. The molecule has 1 saturated carbocycles. The summed E-state index contributed by atoms with van der Waals surface area (Å²) in [7, 11) is -3.87. The van der Waals surface area contributed by atoms with Crippen molar-refractivity contribution in [2.75, 3.05) is 0 Å². The van der Waals surface area contributed by atoms with E-state index in [2.05, 4.69) is 10.0 Å². The summed E-state index contributed by atoms with van der Waals surface area (Å²) in [4.78, 5) is 13.3. The zero-order chi connectivity index (χ0) is 21.7. The van der Waals surface area contributed by atoms with Gasteiger partial charge >= 0.3 is 0 Å². The van der Waals surface area contributed by atoms with Crippen molar-refractivity contribution in [1.29, 1.82) is 0 Å². The van der Waals surface area contributed by atoms with Crippen LogP contribution in [0.15, 0.2) is 77.7 Å². The van der Waals surface area contributed by atoms with E-state index >= 15 is 0 Å². The molecule has 0 saturated heterocycles. The number of fused-ring (bicyclic) bond motifs is 1. The Morgan fingerprint density at radius 1 is 0.871 bits per heavy atom. The first-order valence-corrected chi connectivity index (χ1v) is 12.3. The van der Waals surface area contributed by atoms with Crippen LogP contribution in [0.3, 0.4) is 0 Å². The third-order valence-corrected chi connectivity index (χ3v) is 7.35. The molecular formula is C25H28N2O3S. The van der Waals surface area contributed by atoms with E-state index in [1.165, 1.54) is 6.42 Å². The van der Waals surface area contributed by atoms with E-state index in [1.807, 2.05) is 54.6 Å². The molecule has 0 heterocycles. The molecule has 1 aliphatic carbocycles. The van der Waals surface area contributed by atoms with E-state index in [0.29, 0.717) is 6.42 Å². The molecular weight excluding hydrogens is 408 g/mol. The van der Waals surface area contributed by atoms with Gasteiger partial charge in [-0.1, -0.05) is 79.9 Å². The molecule has 4 rings (SSSR count). The van der Waals surface area contributed by atoms with Gasteiger partial charge in [0.25, 0.3) is 0 Å². The van der Waals surface area contributed by atoms with Crippen molar-refractivity contribution in [2.24, 2.45) is 0 Å². The van der Waals surface area contributed by atoms with Crippen LogP contribution in [0.5, 0.6) is 0 Å². The van der Waals surface area contributed by atoms with Crippen LogP contribution in [0.25, 0.3) is 10.8 Å².